The predicted molar refractivity (Wildman–Crippen MR) is 66.0 cm³/mol. The normalized spacial score (nSPS) is 12.2. The number of likely N-dealkylation sites (N-methyl/N-ethyl adjacent to an activating group) is 1. The molecule has 1 amide bonds. The van der Waals surface area contributed by atoms with Crippen molar-refractivity contribution in [1.82, 2.24) is 4.90 Å². The Labute approximate surface area is 101 Å². The Morgan fingerprint density at radius 1 is 1.47 bits per heavy atom. The van der Waals surface area contributed by atoms with Gasteiger partial charge in [0.05, 0.1) is 0 Å². The summed E-state index contributed by atoms with van der Waals surface area (Å²) in [5.41, 5.74) is 6.07. The van der Waals surface area contributed by atoms with Crippen molar-refractivity contribution in [3.8, 4) is 0 Å². The van der Waals surface area contributed by atoms with E-state index < -0.39 is 0 Å². The summed E-state index contributed by atoms with van der Waals surface area (Å²) in [6, 6.07) is 6.62. The van der Waals surface area contributed by atoms with Gasteiger partial charge in [0.25, 0.3) is 0 Å². The van der Waals surface area contributed by atoms with Gasteiger partial charge in [0.2, 0.25) is 5.91 Å². The zero-order valence-electron chi connectivity index (χ0n) is 10.3. The highest BCUT2D eigenvalue weighted by Crippen LogP contribution is 2.08. The number of carbonyl (C=O) groups excluding carboxylic acids is 1. The van der Waals surface area contributed by atoms with E-state index in [1.165, 1.54) is 6.07 Å². The summed E-state index contributed by atoms with van der Waals surface area (Å²) in [7, 11) is 1.72. The minimum Gasteiger partial charge on any atom is -0.345 e. The molecular formula is C13H19FN2O. The lowest BCUT2D eigenvalue weighted by Gasteiger charge is -2.20. The van der Waals surface area contributed by atoms with Gasteiger partial charge in [-0.25, -0.2) is 4.39 Å². The van der Waals surface area contributed by atoms with Crippen molar-refractivity contribution < 1.29 is 9.18 Å². The van der Waals surface area contributed by atoms with Gasteiger partial charge in [-0.3, -0.25) is 4.79 Å². The van der Waals surface area contributed by atoms with Gasteiger partial charge < -0.3 is 10.6 Å². The van der Waals surface area contributed by atoms with Crippen LogP contribution < -0.4 is 5.73 Å². The van der Waals surface area contributed by atoms with Crippen LogP contribution in [0.25, 0.3) is 0 Å². The number of hydrogen-bond donors (Lipinski definition) is 1. The molecule has 2 N–H and O–H groups in total. The SMILES string of the molecule is CC(CN)C(=O)N(C)CCc1ccccc1F. The monoisotopic (exact) mass is 238 g/mol. The fourth-order valence-corrected chi connectivity index (χ4v) is 1.58. The third-order valence-electron chi connectivity index (χ3n) is 2.83. The summed E-state index contributed by atoms with van der Waals surface area (Å²) in [6.45, 7) is 2.63. The third kappa shape index (κ3) is 3.82. The van der Waals surface area contributed by atoms with E-state index in [-0.39, 0.29) is 17.6 Å². The number of nitrogens with two attached hydrogens (primary N) is 1. The first kappa shape index (κ1) is 13.6. The van der Waals surface area contributed by atoms with Gasteiger partial charge in [0, 0.05) is 26.1 Å². The van der Waals surface area contributed by atoms with Crippen molar-refractivity contribution in [1.29, 1.82) is 0 Å². The number of amides is 1. The molecule has 1 aromatic carbocycles. The molecule has 1 atom stereocenters. The third-order valence-corrected chi connectivity index (χ3v) is 2.83. The molecule has 1 aromatic rings. The summed E-state index contributed by atoms with van der Waals surface area (Å²) >= 11 is 0. The highest BCUT2D eigenvalue weighted by atomic mass is 19.1. The molecule has 0 aliphatic carbocycles. The van der Waals surface area contributed by atoms with Gasteiger partial charge >= 0.3 is 0 Å². The second-order valence-electron chi connectivity index (χ2n) is 4.24. The Kier molecular flexibility index (Phi) is 5.10. The van der Waals surface area contributed by atoms with Crippen LogP contribution >= 0.6 is 0 Å². The molecule has 0 saturated heterocycles. The van der Waals surface area contributed by atoms with Gasteiger partial charge in [-0.2, -0.15) is 0 Å². The zero-order chi connectivity index (χ0) is 12.8. The van der Waals surface area contributed by atoms with Crippen molar-refractivity contribution >= 4 is 5.91 Å². The average molecular weight is 238 g/mol. The van der Waals surface area contributed by atoms with Crippen LogP contribution in [-0.2, 0) is 11.2 Å². The van der Waals surface area contributed by atoms with Gasteiger partial charge in [-0.05, 0) is 18.1 Å². The summed E-state index contributed by atoms with van der Waals surface area (Å²) < 4.78 is 13.3. The molecule has 0 spiro atoms. The van der Waals surface area contributed by atoms with Crippen molar-refractivity contribution in [2.24, 2.45) is 11.7 Å². The van der Waals surface area contributed by atoms with E-state index in [1.54, 1.807) is 37.1 Å². The summed E-state index contributed by atoms with van der Waals surface area (Å²) in [5, 5.41) is 0. The minimum atomic E-state index is -0.222. The highest BCUT2D eigenvalue weighted by Gasteiger charge is 2.15. The molecule has 1 unspecified atom stereocenters. The Morgan fingerprint density at radius 2 is 2.12 bits per heavy atom. The second-order valence-corrected chi connectivity index (χ2v) is 4.24. The molecule has 17 heavy (non-hydrogen) atoms. The van der Waals surface area contributed by atoms with Crippen molar-refractivity contribution in [2.45, 2.75) is 13.3 Å². The van der Waals surface area contributed by atoms with E-state index in [2.05, 4.69) is 0 Å². The molecule has 4 heteroatoms. The second kappa shape index (κ2) is 6.35. The lowest BCUT2D eigenvalue weighted by molar-refractivity contribution is -0.133. The maximum Gasteiger partial charge on any atom is 0.226 e. The first-order valence-electron chi connectivity index (χ1n) is 5.74. The maximum atomic E-state index is 13.3. The van der Waals surface area contributed by atoms with E-state index in [0.29, 0.717) is 25.1 Å². The molecule has 0 aliphatic heterocycles. The van der Waals surface area contributed by atoms with Crippen molar-refractivity contribution in [2.75, 3.05) is 20.1 Å². The van der Waals surface area contributed by atoms with E-state index in [4.69, 9.17) is 5.73 Å². The quantitative estimate of drug-likeness (QED) is 0.843. The highest BCUT2D eigenvalue weighted by molar-refractivity contribution is 5.78. The number of benzene rings is 1. The van der Waals surface area contributed by atoms with Crippen LogP contribution in [0.1, 0.15) is 12.5 Å². The first-order chi connectivity index (χ1) is 8.06. The molecule has 1 rings (SSSR count). The maximum absolute atomic E-state index is 13.3. The van der Waals surface area contributed by atoms with Gasteiger partial charge in [0.1, 0.15) is 5.82 Å². The largest absolute Gasteiger partial charge is 0.345 e. The van der Waals surface area contributed by atoms with Crippen LogP contribution in [0.15, 0.2) is 24.3 Å². The fraction of sp³-hybridized carbons (Fsp3) is 0.462. The summed E-state index contributed by atoms with van der Waals surface area (Å²) in [6.07, 6.45) is 0.520. The summed E-state index contributed by atoms with van der Waals surface area (Å²) in [4.78, 5) is 13.3. The van der Waals surface area contributed by atoms with Crippen LogP contribution in [0.4, 0.5) is 4.39 Å². The van der Waals surface area contributed by atoms with E-state index in [1.807, 2.05) is 0 Å². The molecule has 0 aliphatic rings. The smallest absolute Gasteiger partial charge is 0.226 e. The Hall–Kier alpha value is -1.42. The zero-order valence-corrected chi connectivity index (χ0v) is 10.3. The van der Waals surface area contributed by atoms with E-state index in [9.17, 15) is 9.18 Å². The Bertz CT molecular complexity index is 381. The molecule has 0 fully saturated rings. The minimum absolute atomic E-state index is 0.00355. The molecule has 0 saturated carbocycles. The Balaban J connectivity index is 2.51. The average Bonchev–Trinajstić information content (AvgIpc) is 2.35. The van der Waals surface area contributed by atoms with Crippen LogP contribution in [0, 0.1) is 11.7 Å². The van der Waals surface area contributed by atoms with E-state index in [0.717, 1.165) is 0 Å². The number of nitrogens with zero attached hydrogens (tertiary/aromatic N) is 1. The number of rotatable bonds is 5. The lowest BCUT2D eigenvalue weighted by Crippen LogP contribution is -2.36. The number of carbonyl (C=O) groups is 1. The fourth-order valence-electron chi connectivity index (χ4n) is 1.58. The Morgan fingerprint density at radius 3 is 2.71 bits per heavy atom. The predicted octanol–water partition coefficient (Wildman–Crippen LogP) is 1.42. The molecule has 0 radical (unpaired) electrons. The molecule has 0 bridgehead atoms. The number of halogens is 1. The van der Waals surface area contributed by atoms with Crippen LogP contribution in [-0.4, -0.2) is 30.9 Å². The molecule has 94 valence electrons. The van der Waals surface area contributed by atoms with Crippen molar-refractivity contribution in [3.63, 3.8) is 0 Å². The van der Waals surface area contributed by atoms with Crippen LogP contribution in [0.2, 0.25) is 0 Å². The van der Waals surface area contributed by atoms with Gasteiger partial charge in [-0.1, -0.05) is 25.1 Å². The lowest BCUT2D eigenvalue weighted by atomic mass is 10.1. The standard InChI is InChI=1S/C13H19FN2O/c1-10(9-15)13(17)16(2)8-7-11-5-3-4-6-12(11)14/h3-6,10H,7-9,15H2,1-2H3. The molecule has 3 nitrogen and oxygen atoms in total. The molecular weight excluding hydrogens is 219 g/mol. The summed E-state index contributed by atoms with van der Waals surface area (Å²) in [5.74, 6) is -0.398. The number of hydrogen-bond acceptors (Lipinski definition) is 2. The van der Waals surface area contributed by atoms with E-state index >= 15 is 0 Å². The molecule has 0 heterocycles. The van der Waals surface area contributed by atoms with Gasteiger partial charge in [-0.15, -0.1) is 0 Å². The van der Waals surface area contributed by atoms with Crippen molar-refractivity contribution in [3.05, 3.63) is 35.6 Å². The van der Waals surface area contributed by atoms with Crippen LogP contribution in [0.5, 0.6) is 0 Å². The molecule has 0 aromatic heterocycles. The van der Waals surface area contributed by atoms with Gasteiger partial charge in [0.15, 0.2) is 0 Å². The topological polar surface area (TPSA) is 46.3 Å². The first-order valence-corrected chi connectivity index (χ1v) is 5.74. The van der Waals surface area contributed by atoms with Crippen LogP contribution in [0.3, 0.4) is 0 Å².